The van der Waals surface area contributed by atoms with E-state index in [1.807, 2.05) is 48.7 Å². The zero-order valence-corrected chi connectivity index (χ0v) is 16.1. The van der Waals surface area contributed by atoms with E-state index in [4.69, 9.17) is 11.6 Å². The molecule has 1 aromatic heterocycles. The Morgan fingerprint density at radius 1 is 1.07 bits per heavy atom. The number of rotatable bonds is 5. The van der Waals surface area contributed by atoms with E-state index in [0.29, 0.717) is 29.4 Å². The number of aromatic nitrogens is 1. The average Bonchev–Trinajstić information content (AvgIpc) is 2.66. The van der Waals surface area contributed by atoms with Crippen LogP contribution in [0.25, 0.3) is 0 Å². The smallest absolute Gasteiger partial charge is 0.261 e. The topological polar surface area (TPSA) is 51.1 Å². The molecule has 4 nitrogen and oxygen atoms in total. The second-order valence-corrected chi connectivity index (χ2v) is 6.74. The highest BCUT2D eigenvalue weighted by Crippen LogP contribution is 2.22. The van der Waals surface area contributed by atoms with Crippen LogP contribution in [0.15, 0.2) is 65.5 Å². The van der Waals surface area contributed by atoms with Crippen LogP contribution >= 0.6 is 11.6 Å². The van der Waals surface area contributed by atoms with Crippen molar-refractivity contribution in [2.75, 3.05) is 5.32 Å². The van der Waals surface area contributed by atoms with Gasteiger partial charge in [-0.2, -0.15) is 0 Å². The number of carbonyl (C=O) groups excluding carboxylic acids is 1. The van der Waals surface area contributed by atoms with Gasteiger partial charge in [0, 0.05) is 24.0 Å². The molecule has 0 saturated heterocycles. The molecule has 27 heavy (non-hydrogen) atoms. The fourth-order valence-electron chi connectivity index (χ4n) is 3.17. The summed E-state index contributed by atoms with van der Waals surface area (Å²) >= 11 is 6.14. The molecule has 0 bridgehead atoms. The summed E-state index contributed by atoms with van der Waals surface area (Å²) in [7, 11) is 0. The molecule has 1 amide bonds. The number of nitrogens with one attached hydrogen (secondary N) is 1. The largest absolute Gasteiger partial charge is 0.343 e. The number of anilines is 1. The van der Waals surface area contributed by atoms with E-state index >= 15 is 0 Å². The average molecular weight is 381 g/mol. The SMILES string of the molecule is CCc1c(C(=O)Nc2ccccc2Cl)c(=O)cc(C)n1Cc1ccccc1. The predicted molar refractivity (Wildman–Crippen MR) is 110 cm³/mol. The lowest BCUT2D eigenvalue weighted by Gasteiger charge is -2.19. The van der Waals surface area contributed by atoms with E-state index in [1.165, 1.54) is 6.07 Å². The van der Waals surface area contributed by atoms with Crippen molar-refractivity contribution in [3.63, 3.8) is 0 Å². The van der Waals surface area contributed by atoms with Crippen LogP contribution in [0.2, 0.25) is 5.02 Å². The van der Waals surface area contributed by atoms with E-state index in [2.05, 4.69) is 5.32 Å². The van der Waals surface area contributed by atoms with Crippen LogP contribution in [0.1, 0.15) is 34.2 Å². The minimum atomic E-state index is -0.438. The summed E-state index contributed by atoms with van der Waals surface area (Å²) in [6.07, 6.45) is 0.565. The number of para-hydroxylation sites is 1. The number of benzene rings is 2. The highest BCUT2D eigenvalue weighted by Gasteiger charge is 2.20. The maximum Gasteiger partial charge on any atom is 0.261 e. The van der Waals surface area contributed by atoms with Gasteiger partial charge >= 0.3 is 0 Å². The number of hydrogen-bond acceptors (Lipinski definition) is 2. The lowest BCUT2D eigenvalue weighted by Crippen LogP contribution is -2.28. The summed E-state index contributed by atoms with van der Waals surface area (Å²) in [5.74, 6) is -0.438. The fourth-order valence-corrected chi connectivity index (χ4v) is 3.36. The molecule has 0 saturated carbocycles. The third-order valence-corrected chi connectivity index (χ3v) is 4.82. The van der Waals surface area contributed by atoms with E-state index in [1.54, 1.807) is 24.3 Å². The molecule has 0 aliphatic rings. The first-order valence-corrected chi connectivity index (χ1v) is 9.22. The van der Waals surface area contributed by atoms with Crippen LogP contribution < -0.4 is 10.7 Å². The van der Waals surface area contributed by atoms with Gasteiger partial charge in [-0.15, -0.1) is 0 Å². The Hall–Kier alpha value is -2.85. The highest BCUT2D eigenvalue weighted by atomic mass is 35.5. The molecule has 0 spiro atoms. The number of nitrogens with zero attached hydrogens (tertiary/aromatic N) is 1. The van der Waals surface area contributed by atoms with Crippen molar-refractivity contribution in [1.29, 1.82) is 0 Å². The van der Waals surface area contributed by atoms with Crippen molar-refractivity contribution in [3.05, 3.63) is 98.4 Å². The lowest BCUT2D eigenvalue weighted by atomic mass is 10.1. The summed E-state index contributed by atoms with van der Waals surface area (Å²) in [5, 5.41) is 3.20. The number of carbonyl (C=O) groups is 1. The molecule has 5 heteroatoms. The Balaban J connectivity index is 2.04. The molecule has 1 N–H and O–H groups in total. The first kappa shape index (κ1) is 18.9. The van der Waals surface area contributed by atoms with Crippen LogP contribution in [-0.2, 0) is 13.0 Å². The van der Waals surface area contributed by atoms with Crippen molar-refractivity contribution >= 4 is 23.2 Å². The first-order chi connectivity index (χ1) is 13.0. The van der Waals surface area contributed by atoms with Gasteiger partial charge in [0.2, 0.25) is 0 Å². The van der Waals surface area contributed by atoms with Crippen molar-refractivity contribution in [2.24, 2.45) is 0 Å². The summed E-state index contributed by atoms with van der Waals surface area (Å²) in [6, 6.07) is 18.5. The Morgan fingerprint density at radius 3 is 2.41 bits per heavy atom. The molecule has 0 atom stereocenters. The van der Waals surface area contributed by atoms with Crippen LogP contribution in [0.4, 0.5) is 5.69 Å². The molecule has 3 rings (SSSR count). The second kappa shape index (κ2) is 8.23. The van der Waals surface area contributed by atoms with Gasteiger partial charge in [-0.3, -0.25) is 9.59 Å². The maximum absolute atomic E-state index is 12.9. The Kier molecular flexibility index (Phi) is 5.77. The van der Waals surface area contributed by atoms with Gasteiger partial charge < -0.3 is 9.88 Å². The number of hydrogen-bond donors (Lipinski definition) is 1. The van der Waals surface area contributed by atoms with E-state index < -0.39 is 5.91 Å². The van der Waals surface area contributed by atoms with Crippen molar-refractivity contribution in [1.82, 2.24) is 4.57 Å². The lowest BCUT2D eigenvalue weighted by molar-refractivity contribution is 0.102. The van der Waals surface area contributed by atoms with E-state index in [0.717, 1.165) is 11.3 Å². The van der Waals surface area contributed by atoms with E-state index in [-0.39, 0.29) is 11.0 Å². The molecule has 0 aliphatic carbocycles. The quantitative estimate of drug-likeness (QED) is 0.699. The van der Waals surface area contributed by atoms with Gasteiger partial charge in [0.15, 0.2) is 5.43 Å². The van der Waals surface area contributed by atoms with Gasteiger partial charge in [-0.25, -0.2) is 0 Å². The molecule has 0 aliphatic heterocycles. The number of amides is 1. The summed E-state index contributed by atoms with van der Waals surface area (Å²) in [4.78, 5) is 25.5. The molecule has 1 heterocycles. The van der Waals surface area contributed by atoms with Gasteiger partial charge in [-0.1, -0.05) is 61.0 Å². The van der Waals surface area contributed by atoms with Gasteiger partial charge in [0.05, 0.1) is 10.7 Å². The Morgan fingerprint density at radius 2 is 1.74 bits per heavy atom. The third-order valence-electron chi connectivity index (χ3n) is 4.49. The summed E-state index contributed by atoms with van der Waals surface area (Å²) in [5.41, 5.74) is 3.03. The van der Waals surface area contributed by atoms with Crippen molar-refractivity contribution in [2.45, 2.75) is 26.8 Å². The maximum atomic E-state index is 12.9. The van der Waals surface area contributed by atoms with Crippen molar-refractivity contribution in [3.8, 4) is 0 Å². The van der Waals surface area contributed by atoms with Crippen LogP contribution in [0, 0.1) is 6.92 Å². The minimum Gasteiger partial charge on any atom is -0.343 e. The van der Waals surface area contributed by atoms with Gasteiger partial charge in [0.25, 0.3) is 5.91 Å². The summed E-state index contributed by atoms with van der Waals surface area (Å²) < 4.78 is 2.03. The number of pyridine rings is 1. The van der Waals surface area contributed by atoms with Gasteiger partial charge in [-0.05, 0) is 31.0 Å². The molecular weight excluding hydrogens is 360 g/mol. The minimum absolute atomic E-state index is 0.166. The molecule has 138 valence electrons. The second-order valence-electron chi connectivity index (χ2n) is 6.33. The van der Waals surface area contributed by atoms with Gasteiger partial charge in [0.1, 0.15) is 5.56 Å². The Labute approximate surface area is 163 Å². The zero-order valence-electron chi connectivity index (χ0n) is 15.3. The van der Waals surface area contributed by atoms with Crippen LogP contribution in [0.3, 0.4) is 0 Å². The first-order valence-electron chi connectivity index (χ1n) is 8.84. The molecular formula is C22H21ClN2O2. The molecule has 2 aromatic carbocycles. The highest BCUT2D eigenvalue weighted by molar-refractivity contribution is 6.33. The molecule has 0 unspecified atom stereocenters. The Bertz CT molecular complexity index is 1030. The number of halogens is 1. The van der Waals surface area contributed by atoms with Crippen molar-refractivity contribution < 1.29 is 4.79 Å². The zero-order chi connectivity index (χ0) is 19.4. The predicted octanol–water partition coefficient (Wildman–Crippen LogP) is 4.67. The summed E-state index contributed by atoms with van der Waals surface area (Å²) in [6.45, 7) is 4.43. The monoisotopic (exact) mass is 380 g/mol. The fraction of sp³-hybridized carbons (Fsp3) is 0.182. The molecule has 3 aromatic rings. The standard InChI is InChI=1S/C22H21ClN2O2/c1-3-19-21(22(27)24-18-12-8-7-11-17(18)23)20(26)13-15(2)25(19)14-16-9-5-4-6-10-16/h4-13H,3,14H2,1-2H3,(H,24,27). The molecule has 0 fully saturated rings. The molecule has 0 radical (unpaired) electrons. The third kappa shape index (κ3) is 4.12. The van der Waals surface area contributed by atoms with E-state index in [9.17, 15) is 9.59 Å². The van der Waals surface area contributed by atoms with Crippen LogP contribution in [0.5, 0.6) is 0 Å². The van der Waals surface area contributed by atoms with Crippen LogP contribution in [-0.4, -0.2) is 10.5 Å². The normalized spacial score (nSPS) is 10.6. The number of aryl methyl sites for hydroxylation is 1.